The maximum Gasteiger partial charge on any atom is 0.293 e. The molecule has 150 valence electrons. The van der Waals surface area contributed by atoms with E-state index in [-0.39, 0.29) is 11.4 Å². The molecule has 4 aromatic rings. The van der Waals surface area contributed by atoms with Crippen molar-refractivity contribution in [1.82, 2.24) is 15.2 Å². The number of carbonyl (C=O) groups is 1. The van der Waals surface area contributed by atoms with Gasteiger partial charge in [-0.1, -0.05) is 54.1 Å². The van der Waals surface area contributed by atoms with Crippen molar-refractivity contribution < 1.29 is 9.90 Å². The van der Waals surface area contributed by atoms with Crippen molar-refractivity contribution in [3.05, 3.63) is 93.2 Å². The zero-order chi connectivity index (χ0) is 21.1. The minimum atomic E-state index is -0.465. The topological polar surface area (TPSA) is 79.5 Å². The van der Waals surface area contributed by atoms with E-state index < -0.39 is 5.91 Å². The molecule has 0 atom stereocenters. The monoisotopic (exact) mass is 482 g/mol. The molecule has 2 N–H and O–H groups in total. The quantitative estimate of drug-likeness (QED) is 0.311. The van der Waals surface area contributed by atoms with E-state index in [0.29, 0.717) is 21.6 Å². The van der Waals surface area contributed by atoms with Crippen molar-refractivity contribution in [2.24, 2.45) is 5.10 Å². The van der Waals surface area contributed by atoms with Gasteiger partial charge in [0.1, 0.15) is 5.75 Å². The molecule has 8 heteroatoms. The molecule has 0 saturated heterocycles. The van der Waals surface area contributed by atoms with Crippen molar-refractivity contribution in [3.63, 3.8) is 0 Å². The molecule has 0 aliphatic rings. The summed E-state index contributed by atoms with van der Waals surface area (Å²) in [5.74, 6) is -0.382. The van der Waals surface area contributed by atoms with E-state index in [9.17, 15) is 9.90 Å². The Morgan fingerprint density at radius 3 is 2.73 bits per heavy atom. The third kappa shape index (κ3) is 4.37. The SMILES string of the molecule is O=C(N/N=C\c1c(O)ccc2ccccc12)c1nn(Cc2ccc(Cl)cc2)cc1Br. The molecule has 6 nitrogen and oxygen atoms in total. The van der Waals surface area contributed by atoms with E-state index in [0.717, 1.165) is 16.3 Å². The third-order valence-corrected chi connectivity index (χ3v) is 5.33. The predicted octanol–water partition coefficient (Wildman–Crippen LogP) is 4.97. The molecule has 0 radical (unpaired) electrons. The lowest BCUT2D eigenvalue weighted by Gasteiger charge is -2.04. The predicted molar refractivity (Wildman–Crippen MR) is 121 cm³/mol. The van der Waals surface area contributed by atoms with Crippen LogP contribution in [0, 0.1) is 0 Å². The number of benzene rings is 3. The maximum atomic E-state index is 12.5. The summed E-state index contributed by atoms with van der Waals surface area (Å²) >= 11 is 9.27. The Kier molecular flexibility index (Phi) is 5.83. The summed E-state index contributed by atoms with van der Waals surface area (Å²) in [7, 11) is 0. The van der Waals surface area contributed by atoms with Crippen LogP contribution in [0.15, 0.2) is 76.4 Å². The van der Waals surface area contributed by atoms with Gasteiger partial charge in [0, 0.05) is 16.8 Å². The largest absolute Gasteiger partial charge is 0.507 e. The molecular weight excluding hydrogens is 468 g/mol. The van der Waals surface area contributed by atoms with Crippen molar-refractivity contribution in [1.29, 1.82) is 0 Å². The fourth-order valence-corrected chi connectivity index (χ4v) is 3.66. The van der Waals surface area contributed by atoms with Crippen molar-refractivity contribution >= 4 is 50.4 Å². The van der Waals surface area contributed by atoms with Gasteiger partial charge in [-0.25, -0.2) is 5.43 Å². The van der Waals surface area contributed by atoms with Crippen LogP contribution in [0.2, 0.25) is 5.02 Å². The van der Waals surface area contributed by atoms with Gasteiger partial charge in [-0.3, -0.25) is 9.48 Å². The molecule has 0 saturated carbocycles. The highest BCUT2D eigenvalue weighted by molar-refractivity contribution is 9.10. The summed E-state index contributed by atoms with van der Waals surface area (Å²) in [6, 6.07) is 18.5. The number of aromatic hydroxyl groups is 1. The standard InChI is InChI=1S/C22H16BrClN4O2/c23-19-13-28(12-14-5-8-16(24)9-6-14)27-21(19)22(30)26-25-11-18-17-4-2-1-3-15(17)7-10-20(18)29/h1-11,13,29H,12H2,(H,26,30)/b25-11-. The van der Waals surface area contributed by atoms with Crippen LogP contribution >= 0.6 is 27.5 Å². The second-order valence-electron chi connectivity index (χ2n) is 6.57. The number of phenolic OH excluding ortho intramolecular Hbond substituents is 1. The first-order chi connectivity index (χ1) is 14.5. The Bertz CT molecular complexity index is 1250. The lowest BCUT2D eigenvalue weighted by molar-refractivity contribution is 0.0948. The fourth-order valence-electron chi connectivity index (χ4n) is 3.04. The van der Waals surface area contributed by atoms with Crippen LogP contribution < -0.4 is 5.43 Å². The lowest BCUT2D eigenvalue weighted by atomic mass is 10.0. The van der Waals surface area contributed by atoms with Gasteiger partial charge >= 0.3 is 0 Å². The molecular formula is C22H16BrClN4O2. The van der Waals surface area contributed by atoms with E-state index in [4.69, 9.17) is 11.6 Å². The Morgan fingerprint density at radius 2 is 1.93 bits per heavy atom. The number of halogens is 2. The van der Waals surface area contributed by atoms with Gasteiger partial charge in [-0.15, -0.1) is 0 Å². The van der Waals surface area contributed by atoms with Crippen LogP contribution in [-0.2, 0) is 6.54 Å². The summed E-state index contributed by atoms with van der Waals surface area (Å²) in [5.41, 5.74) is 4.21. The number of fused-ring (bicyclic) bond motifs is 1. The third-order valence-electron chi connectivity index (χ3n) is 4.50. The molecule has 0 bridgehead atoms. The number of hydrogen-bond donors (Lipinski definition) is 2. The summed E-state index contributed by atoms with van der Waals surface area (Å²) in [4.78, 5) is 12.5. The van der Waals surface area contributed by atoms with Gasteiger partial charge in [0.25, 0.3) is 5.91 Å². The lowest BCUT2D eigenvalue weighted by Crippen LogP contribution is -2.19. The van der Waals surface area contributed by atoms with Gasteiger partial charge in [-0.2, -0.15) is 10.2 Å². The second kappa shape index (κ2) is 8.69. The van der Waals surface area contributed by atoms with E-state index in [2.05, 4.69) is 31.6 Å². The molecule has 0 aliphatic carbocycles. The average Bonchev–Trinajstić information content (AvgIpc) is 3.11. The van der Waals surface area contributed by atoms with Crippen LogP contribution in [0.4, 0.5) is 0 Å². The first-order valence-electron chi connectivity index (χ1n) is 9.03. The zero-order valence-electron chi connectivity index (χ0n) is 15.6. The number of amides is 1. The van der Waals surface area contributed by atoms with Gasteiger partial charge in [0.05, 0.1) is 17.2 Å². The van der Waals surface area contributed by atoms with E-state index in [1.165, 1.54) is 6.21 Å². The van der Waals surface area contributed by atoms with Crippen molar-refractivity contribution in [3.8, 4) is 5.75 Å². The highest BCUT2D eigenvalue weighted by atomic mass is 79.9. The molecule has 0 aliphatic heterocycles. The minimum Gasteiger partial charge on any atom is -0.507 e. The number of phenols is 1. The first-order valence-corrected chi connectivity index (χ1v) is 10.2. The molecule has 0 spiro atoms. The van der Waals surface area contributed by atoms with Crippen LogP contribution in [0.25, 0.3) is 10.8 Å². The smallest absolute Gasteiger partial charge is 0.293 e. The second-order valence-corrected chi connectivity index (χ2v) is 7.86. The first kappa shape index (κ1) is 20.1. The number of carbonyl (C=O) groups excluding carboxylic acids is 1. The van der Waals surface area contributed by atoms with Crippen LogP contribution in [0.3, 0.4) is 0 Å². The van der Waals surface area contributed by atoms with E-state index >= 15 is 0 Å². The molecule has 1 heterocycles. The average molecular weight is 484 g/mol. The molecule has 4 rings (SSSR count). The fraction of sp³-hybridized carbons (Fsp3) is 0.0455. The Morgan fingerprint density at radius 1 is 1.17 bits per heavy atom. The number of hydrogen-bond acceptors (Lipinski definition) is 4. The summed E-state index contributed by atoms with van der Waals surface area (Å²) < 4.78 is 2.21. The minimum absolute atomic E-state index is 0.0834. The molecule has 3 aromatic carbocycles. The summed E-state index contributed by atoms with van der Waals surface area (Å²) in [6.07, 6.45) is 3.15. The van der Waals surface area contributed by atoms with Crippen molar-refractivity contribution in [2.45, 2.75) is 6.54 Å². The number of rotatable bonds is 5. The molecule has 1 aromatic heterocycles. The van der Waals surface area contributed by atoms with Crippen molar-refractivity contribution in [2.75, 3.05) is 0 Å². The highest BCUT2D eigenvalue weighted by Crippen LogP contribution is 2.25. The summed E-state index contributed by atoms with van der Waals surface area (Å²) in [6.45, 7) is 0.496. The Balaban J connectivity index is 1.49. The summed E-state index contributed by atoms with van der Waals surface area (Å²) in [5, 5.41) is 20.9. The van der Waals surface area contributed by atoms with Crippen LogP contribution in [0.5, 0.6) is 5.75 Å². The Hall–Kier alpha value is -3.16. The molecule has 0 unspecified atom stereocenters. The number of nitrogens with zero attached hydrogens (tertiary/aromatic N) is 3. The molecule has 0 fully saturated rings. The van der Waals surface area contributed by atoms with E-state index in [1.807, 2.05) is 42.5 Å². The molecule has 30 heavy (non-hydrogen) atoms. The van der Waals surface area contributed by atoms with Gasteiger partial charge in [0.15, 0.2) is 5.69 Å². The van der Waals surface area contributed by atoms with E-state index in [1.54, 1.807) is 29.1 Å². The van der Waals surface area contributed by atoms with Gasteiger partial charge in [0.2, 0.25) is 0 Å². The normalized spacial score (nSPS) is 11.3. The maximum absolute atomic E-state index is 12.5. The van der Waals surface area contributed by atoms with Crippen LogP contribution in [0.1, 0.15) is 21.6 Å². The van der Waals surface area contributed by atoms with Crippen LogP contribution in [-0.4, -0.2) is 27.0 Å². The highest BCUT2D eigenvalue weighted by Gasteiger charge is 2.15. The van der Waals surface area contributed by atoms with Gasteiger partial charge in [-0.05, 0) is 50.5 Å². The number of hydrazone groups is 1. The number of nitrogens with one attached hydrogen (secondary N) is 1. The van der Waals surface area contributed by atoms with Gasteiger partial charge < -0.3 is 5.11 Å². The molecule has 1 amide bonds. The number of aromatic nitrogens is 2. The Labute approximate surface area is 185 Å². The zero-order valence-corrected chi connectivity index (χ0v) is 17.9.